The first-order valence-electron chi connectivity index (χ1n) is 9.11. The molecule has 0 unspecified atom stereocenters. The minimum Gasteiger partial charge on any atom is -0.346 e. The SMILES string of the molecule is C[NH+](C)[C@H](CNC(=O)c1ccc(S(=O)(=O)N2CCCC2)cc1)c1cccs1. The number of sulfonamides is 1. The summed E-state index contributed by atoms with van der Waals surface area (Å²) in [6, 6.07) is 10.5. The molecule has 0 radical (unpaired) electrons. The standard InChI is InChI=1S/C19H25N3O3S2/c1-21(2)17(18-6-5-13-26-18)14-20-19(23)15-7-9-16(10-8-15)27(24,25)22-11-3-4-12-22/h5-10,13,17H,3-4,11-12,14H2,1-2H3,(H,20,23)/p+1/t17-/m1/s1. The highest BCUT2D eigenvalue weighted by Gasteiger charge is 2.27. The van der Waals surface area contributed by atoms with E-state index in [-0.39, 0.29) is 16.8 Å². The summed E-state index contributed by atoms with van der Waals surface area (Å²) in [6.45, 7) is 1.67. The van der Waals surface area contributed by atoms with Crippen LogP contribution >= 0.6 is 11.3 Å². The molecule has 1 aromatic heterocycles. The summed E-state index contributed by atoms with van der Waals surface area (Å²) < 4.78 is 26.6. The third kappa shape index (κ3) is 4.57. The highest BCUT2D eigenvalue weighted by molar-refractivity contribution is 7.89. The molecular weight excluding hydrogens is 382 g/mol. The average Bonchev–Trinajstić information content (AvgIpc) is 3.36. The van der Waals surface area contributed by atoms with Gasteiger partial charge in [-0.25, -0.2) is 8.42 Å². The molecule has 0 spiro atoms. The zero-order valence-corrected chi connectivity index (χ0v) is 17.3. The van der Waals surface area contributed by atoms with E-state index in [9.17, 15) is 13.2 Å². The molecule has 1 fully saturated rings. The summed E-state index contributed by atoms with van der Waals surface area (Å²) in [7, 11) is 0.680. The third-order valence-electron chi connectivity index (χ3n) is 4.87. The van der Waals surface area contributed by atoms with Crippen LogP contribution in [0.2, 0.25) is 0 Å². The van der Waals surface area contributed by atoms with Crippen molar-refractivity contribution in [2.75, 3.05) is 33.7 Å². The summed E-state index contributed by atoms with van der Waals surface area (Å²) in [5.41, 5.74) is 0.467. The first-order valence-corrected chi connectivity index (χ1v) is 11.4. The molecule has 1 atom stereocenters. The van der Waals surface area contributed by atoms with Crippen LogP contribution in [-0.2, 0) is 10.0 Å². The van der Waals surface area contributed by atoms with Crippen LogP contribution in [0.1, 0.15) is 34.1 Å². The number of hydrogen-bond donors (Lipinski definition) is 2. The maximum Gasteiger partial charge on any atom is 0.251 e. The van der Waals surface area contributed by atoms with Crippen molar-refractivity contribution in [1.29, 1.82) is 0 Å². The number of quaternary nitrogens is 1. The van der Waals surface area contributed by atoms with Gasteiger partial charge in [0.2, 0.25) is 10.0 Å². The smallest absolute Gasteiger partial charge is 0.251 e. The Morgan fingerprint density at radius 3 is 2.41 bits per heavy atom. The summed E-state index contributed by atoms with van der Waals surface area (Å²) in [4.78, 5) is 15.2. The number of likely N-dealkylation sites (N-methyl/N-ethyl adjacent to an activating group) is 1. The zero-order chi connectivity index (χ0) is 19.4. The number of carbonyl (C=O) groups excluding carboxylic acids is 1. The van der Waals surface area contributed by atoms with Crippen LogP contribution in [0.15, 0.2) is 46.7 Å². The van der Waals surface area contributed by atoms with Gasteiger partial charge < -0.3 is 10.2 Å². The number of hydrogen-bond acceptors (Lipinski definition) is 4. The molecule has 2 N–H and O–H groups in total. The van der Waals surface area contributed by atoms with Crippen LogP contribution in [0, 0.1) is 0 Å². The van der Waals surface area contributed by atoms with E-state index in [2.05, 4.69) is 25.5 Å². The molecular formula is C19H26N3O3S2+. The normalized spacial score (nSPS) is 16.6. The lowest BCUT2D eigenvalue weighted by Crippen LogP contribution is -3.06. The monoisotopic (exact) mass is 408 g/mol. The molecule has 3 rings (SSSR count). The van der Waals surface area contributed by atoms with Crippen LogP contribution in [0.3, 0.4) is 0 Å². The number of amides is 1. The fourth-order valence-corrected chi connectivity index (χ4v) is 5.70. The maximum absolute atomic E-state index is 12.6. The van der Waals surface area contributed by atoms with Crippen molar-refractivity contribution >= 4 is 27.3 Å². The molecule has 1 aliphatic heterocycles. The highest BCUT2D eigenvalue weighted by atomic mass is 32.2. The Balaban J connectivity index is 1.65. The molecule has 6 nitrogen and oxygen atoms in total. The summed E-state index contributed by atoms with van der Waals surface area (Å²) in [5, 5.41) is 5.00. The Hall–Kier alpha value is -1.74. The predicted molar refractivity (Wildman–Crippen MR) is 107 cm³/mol. The summed E-state index contributed by atoms with van der Waals surface area (Å²) in [6.07, 6.45) is 1.80. The van der Waals surface area contributed by atoms with Crippen molar-refractivity contribution in [3.05, 3.63) is 52.2 Å². The number of thiophene rings is 1. The van der Waals surface area contributed by atoms with E-state index in [0.717, 1.165) is 12.8 Å². The molecule has 0 bridgehead atoms. The van der Waals surface area contributed by atoms with Gasteiger partial charge in [-0.1, -0.05) is 6.07 Å². The fourth-order valence-electron chi connectivity index (χ4n) is 3.23. The van der Waals surface area contributed by atoms with Gasteiger partial charge >= 0.3 is 0 Å². The van der Waals surface area contributed by atoms with Crippen LogP contribution in [0.4, 0.5) is 0 Å². The molecule has 2 aromatic rings. The van der Waals surface area contributed by atoms with Crippen molar-refractivity contribution in [1.82, 2.24) is 9.62 Å². The Kier molecular flexibility index (Phi) is 6.31. The first kappa shape index (κ1) is 20.0. The summed E-state index contributed by atoms with van der Waals surface area (Å²) >= 11 is 1.68. The van der Waals surface area contributed by atoms with Crippen LogP contribution in [-0.4, -0.2) is 52.4 Å². The Labute approximate surface area is 164 Å². The van der Waals surface area contributed by atoms with Gasteiger partial charge in [-0.3, -0.25) is 4.79 Å². The largest absolute Gasteiger partial charge is 0.346 e. The number of rotatable bonds is 7. The average molecular weight is 409 g/mol. The summed E-state index contributed by atoms with van der Waals surface area (Å²) in [5.74, 6) is -0.192. The van der Waals surface area contributed by atoms with Crippen LogP contribution in [0.5, 0.6) is 0 Å². The van der Waals surface area contributed by atoms with Crippen molar-refractivity contribution in [3.8, 4) is 0 Å². The van der Waals surface area contributed by atoms with Gasteiger partial charge in [0, 0.05) is 18.7 Å². The maximum atomic E-state index is 12.6. The number of nitrogens with one attached hydrogen (secondary N) is 2. The highest BCUT2D eigenvalue weighted by Crippen LogP contribution is 2.21. The number of carbonyl (C=O) groups is 1. The molecule has 0 aliphatic carbocycles. The van der Waals surface area contributed by atoms with Crippen molar-refractivity contribution in [3.63, 3.8) is 0 Å². The van der Waals surface area contributed by atoms with Crippen molar-refractivity contribution in [2.45, 2.75) is 23.8 Å². The molecule has 2 heterocycles. The quantitative estimate of drug-likeness (QED) is 0.722. The molecule has 1 amide bonds. The van der Waals surface area contributed by atoms with Crippen molar-refractivity contribution in [2.24, 2.45) is 0 Å². The predicted octanol–water partition coefficient (Wildman–Crippen LogP) is 1.15. The van der Waals surface area contributed by atoms with Gasteiger partial charge in [-0.15, -0.1) is 11.3 Å². The van der Waals surface area contributed by atoms with E-state index in [4.69, 9.17) is 0 Å². The van der Waals surface area contributed by atoms with E-state index >= 15 is 0 Å². The second-order valence-corrected chi connectivity index (χ2v) is 9.91. The van der Waals surface area contributed by atoms with E-state index in [1.807, 2.05) is 11.4 Å². The zero-order valence-electron chi connectivity index (χ0n) is 15.6. The minimum atomic E-state index is -3.45. The van der Waals surface area contributed by atoms with E-state index in [0.29, 0.717) is 25.2 Å². The molecule has 1 saturated heterocycles. The number of benzene rings is 1. The second-order valence-electron chi connectivity index (χ2n) is 6.99. The Bertz CT molecular complexity index is 856. The molecule has 146 valence electrons. The first-order chi connectivity index (χ1) is 12.9. The van der Waals surface area contributed by atoms with Crippen molar-refractivity contribution < 1.29 is 18.1 Å². The van der Waals surface area contributed by atoms with Crippen LogP contribution in [0.25, 0.3) is 0 Å². The minimum absolute atomic E-state index is 0.184. The second kappa shape index (κ2) is 8.52. The van der Waals surface area contributed by atoms with Gasteiger partial charge in [0.1, 0.15) is 6.04 Å². The van der Waals surface area contributed by atoms with E-state index in [1.54, 1.807) is 23.5 Å². The lowest BCUT2D eigenvalue weighted by atomic mass is 10.2. The molecule has 27 heavy (non-hydrogen) atoms. The molecule has 1 aliphatic rings. The van der Waals surface area contributed by atoms with E-state index in [1.165, 1.54) is 26.2 Å². The van der Waals surface area contributed by atoms with Gasteiger partial charge in [-0.05, 0) is 48.6 Å². The lowest BCUT2D eigenvalue weighted by Gasteiger charge is -2.20. The van der Waals surface area contributed by atoms with Gasteiger partial charge in [0.25, 0.3) is 5.91 Å². The van der Waals surface area contributed by atoms with Gasteiger partial charge in [0.15, 0.2) is 0 Å². The Morgan fingerprint density at radius 2 is 1.85 bits per heavy atom. The van der Waals surface area contributed by atoms with Gasteiger partial charge in [0.05, 0.1) is 30.4 Å². The van der Waals surface area contributed by atoms with E-state index < -0.39 is 10.0 Å². The number of nitrogens with zero attached hydrogens (tertiary/aromatic N) is 1. The topological polar surface area (TPSA) is 70.9 Å². The lowest BCUT2D eigenvalue weighted by molar-refractivity contribution is -0.890. The molecule has 1 aromatic carbocycles. The third-order valence-corrected chi connectivity index (χ3v) is 7.77. The van der Waals surface area contributed by atoms with Gasteiger partial charge in [-0.2, -0.15) is 4.31 Å². The van der Waals surface area contributed by atoms with Crippen LogP contribution < -0.4 is 10.2 Å². The Morgan fingerprint density at radius 1 is 1.19 bits per heavy atom. The molecule has 8 heteroatoms. The fraction of sp³-hybridized carbons (Fsp3) is 0.421. The molecule has 0 saturated carbocycles.